The van der Waals surface area contributed by atoms with Crippen molar-refractivity contribution in [1.29, 1.82) is 0 Å². The lowest BCUT2D eigenvalue weighted by Crippen LogP contribution is -2.37. The van der Waals surface area contributed by atoms with Crippen LogP contribution in [0, 0.1) is 5.41 Å². The van der Waals surface area contributed by atoms with Crippen LogP contribution >= 0.6 is 0 Å². The molecule has 1 saturated heterocycles. The van der Waals surface area contributed by atoms with Crippen molar-refractivity contribution in [1.82, 2.24) is 0 Å². The minimum atomic E-state index is -1.44. The Hall–Kier alpha value is -2.04. The molecule has 0 aromatic heterocycles. The van der Waals surface area contributed by atoms with Crippen molar-refractivity contribution in [2.75, 3.05) is 23.3 Å². The molecule has 2 N–H and O–H groups in total. The lowest BCUT2D eigenvalue weighted by molar-refractivity contribution is -0.151. The number of carbonyl (C=O) groups excluding carboxylic acids is 1. The van der Waals surface area contributed by atoms with Gasteiger partial charge in [-0.05, 0) is 57.4 Å². The first-order chi connectivity index (χ1) is 9.91. The lowest BCUT2D eigenvalue weighted by Gasteiger charge is -2.29. The van der Waals surface area contributed by atoms with Crippen molar-refractivity contribution in [2.45, 2.75) is 33.1 Å². The molecule has 21 heavy (non-hydrogen) atoms. The van der Waals surface area contributed by atoms with Gasteiger partial charge in [-0.25, -0.2) is 0 Å². The summed E-state index contributed by atoms with van der Waals surface area (Å²) >= 11 is 0. The zero-order valence-electron chi connectivity index (χ0n) is 12.6. The highest BCUT2D eigenvalue weighted by atomic mass is 16.4. The zero-order valence-corrected chi connectivity index (χ0v) is 12.6. The Labute approximate surface area is 125 Å². The van der Waals surface area contributed by atoms with E-state index in [2.05, 4.69) is 10.2 Å². The van der Waals surface area contributed by atoms with Crippen molar-refractivity contribution in [3.63, 3.8) is 0 Å². The average molecular weight is 290 g/mol. The summed E-state index contributed by atoms with van der Waals surface area (Å²) in [6.45, 7) is 4.93. The van der Waals surface area contributed by atoms with E-state index in [0.29, 0.717) is 5.69 Å². The molecular weight excluding hydrogens is 268 g/mol. The van der Waals surface area contributed by atoms with E-state index in [1.54, 1.807) is 0 Å². The van der Waals surface area contributed by atoms with E-state index in [4.69, 9.17) is 5.11 Å². The number of carboxylic acids is 1. The van der Waals surface area contributed by atoms with Crippen LogP contribution in [0.25, 0.3) is 0 Å². The quantitative estimate of drug-likeness (QED) is 0.837. The first kappa shape index (κ1) is 15.4. The standard InChI is InChI=1S/C16H22N2O3/c1-16(2,15(20)21)14(19)17-12-6-8-13(9-7-12)18-10-4-3-5-11-18/h6-9H,3-5,10-11H2,1-2H3,(H,17,19)(H,20,21). The maximum Gasteiger partial charge on any atom is 0.318 e. The fourth-order valence-corrected chi connectivity index (χ4v) is 2.29. The molecule has 1 fully saturated rings. The molecule has 0 aliphatic carbocycles. The Morgan fingerprint density at radius 2 is 1.67 bits per heavy atom. The Morgan fingerprint density at radius 3 is 2.19 bits per heavy atom. The number of amides is 1. The SMILES string of the molecule is CC(C)(C(=O)O)C(=O)Nc1ccc(N2CCCCC2)cc1. The van der Waals surface area contributed by atoms with Crippen LogP contribution in [0.1, 0.15) is 33.1 Å². The van der Waals surface area contributed by atoms with Gasteiger partial charge in [0, 0.05) is 24.5 Å². The largest absolute Gasteiger partial charge is 0.480 e. The third-order valence-electron chi connectivity index (χ3n) is 3.95. The Bertz CT molecular complexity index is 517. The predicted molar refractivity (Wildman–Crippen MR) is 82.6 cm³/mol. The highest BCUT2D eigenvalue weighted by molar-refractivity contribution is 6.07. The van der Waals surface area contributed by atoms with Gasteiger partial charge < -0.3 is 15.3 Å². The van der Waals surface area contributed by atoms with Crippen molar-refractivity contribution < 1.29 is 14.7 Å². The number of carbonyl (C=O) groups is 2. The van der Waals surface area contributed by atoms with Gasteiger partial charge in [0.2, 0.25) is 5.91 Å². The summed E-state index contributed by atoms with van der Waals surface area (Å²) in [7, 11) is 0. The van der Waals surface area contributed by atoms with Gasteiger partial charge in [0.25, 0.3) is 0 Å². The summed E-state index contributed by atoms with van der Waals surface area (Å²) in [4.78, 5) is 25.3. The van der Waals surface area contributed by atoms with Crippen molar-refractivity contribution in [3.8, 4) is 0 Å². The van der Waals surface area contributed by atoms with E-state index in [0.717, 1.165) is 18.8 Å². The summed E-state index contributed by atoms with van der Waals surface area (Å²) in [5, 5.41) is 11.7. The number of carboxylic acid groups (broad SMARTS) is 1. The molecule has 1 aromatic rings. The summed E-state index contributed by atoms with van der Waals surface area (Å²) in [5.41, 5.74) is 0.325. The minimum absolute atomic E-state index is 0.513. The topological polar surface area (TPSA) is 69.6 Å². The van der Waals surface area contributed by atoms with Gasteiger partial charge in [0.05, 0.1) is 0 Å². The molecule has 114 valence electrons. The number of aliphatic carboxylic acids is 1. The van der Waals surface area contributed by atoms with E-state index in [1.807, 2.05) is 24.3 Å². The molecule has 0 unspecified atom stereocenters. The van der Waals surface area contributed by atoms with Gasteiger partial charge in [0.1, 0.15) is 5.41 Å². The van der Waals surface area contributed by atoms with Crippen molar-refractivity contribution >= 4 is 23.3 Å². The van der Waals surface area contributed by atoms with Gasteiger partial charge in [0.15, 0.2) is 0 Å². The number of piperidine rings is 1. The number of hydrogen-bond acceptors (Lipinski definition) is 3. The van der Waals surface area contributed by atoms with E-state index in [1.165, 1.54) is 33.1 Å². The fourth-order valence-electron chi connectivity index (χ4n) is 2.29. The third-order valence-corrected chi connectivity index (χ3v) is 3.95. The number of anilines is 2. The molecule has 0 radical (unpaired) electrons. The van der Waals surface area contributed by atoms with Crippen LogP contribution < -0.4 is 10.2 Å². The number of nitrogens with one attached hydrogen (secondary N) is 1. The first-order valence-corrected chi connectivity index (χ1v) is 7.31. The van der Waals surface area contributed by atoms with Crippen LogP contribution in [-0.2, 0) is 9.59 Å². The van der Waals surface area contributed by atoms with Gasteiger partial charge in [-0.15, -0.1) is 0 Å². The Kier molecular flexibility index (Phi) is 4.50. The van der Waals surface area contributed by atoms with Crippen LogP contribution in [0.3, 0.4) is 0 Å². The van der Waals surface area contributed by atoms with Crippen LogP contribution in [0.15, 0.2) is 24.3 Å². The minimum Gasteiger partial charge on any atom is -0.480 e. The Balaban J connectivity index is 2.02. The van der Waals surface area contributed by atoms with Gasteiger partial charge in [-0.3, -0.25) is 9.59 Å². The van der Waals surface area contributed by atoms with Crippen molar-refractivity contribution in [3.05, 3.63) is 24.3 Å². The zero-order chi connectivity index (χ0) is 15.5. The molecule has 1 aromatic carbocycles. The smallest absolute Gasteiger partial charge is 0.318 e. The van der Waals surface area contributed by atoms with E-state index < -0.39 is 17.3 Å². The predicted octanol–water partition coefficient (Wildman–Crippen LogP) is 2.73. The van der Waals surface area contributed by atoms with Gasteiger partial charge >= 0.3 is 5.97 Å². The summed E-state index contributed by atoms with van der Waals surface area (Å²) in [6, 6.07) is 7.57. The molecule has 0 bridgehead atoms. The summed E-state index contributed by atoms with van der Waals surface area (Å²) in [5.74, 6) is -1.65. The maximum atomic E-state index is 12.0. The number of nitrogens with zero attached hydrogens (tertiary/aromatic N) is 1. The average Bonchev–Trinajstić information content (AvgIpc) is 2.48. The molecule has 0 saturated carbocycles. The number of benzene rings is 1. The fraction of sp³-hybridized carbons (Fsp3) is 0.500. The molecule has 2 rings (SSSR count). The molecule has 1 aliphatic rings. The van der Waals surface area contributed by atoms with Gasteiger partial charge in [-0.2, -0.15) is 0 Å². The van der Waals surface area contributed by atoms with Crippen LogP contribution in [-0.4, -0.2) is 30.1 Å². The third kappa shape index (κ3) is 3.54. The normalized spacial score (nSPS) is 15.6. The van der Waals surface area contributed by atoms with Crippen LogP contribution in [0.4, 0.5) is 11.4 Å². The highest BCUT2D eigenvalue weighted by Gasteiger charge is 2.35. The van der Waals surface area contributed by atoms with Crippen LogP contribution in [0.5, 0.6) is 0 Å². The van der Waals surface area contributed by atoms with E-state index in [-0.39, 0.29) is 0 Å². The van der Waals surface area contributed by atoms with Crippen LogP contribution in [0.2, 0.25) is 0 Å². The molecule has 0 spiro atoms. The lowest BCUT2D eigenvalue weighted by atomic mass is 9.92. The number of rotatable bonds is 4. The molecule has 5 nitrogen and oxygen atoms in total. The summed E-state index contributed by atoms with van der Waals surface area (Å²) in [6.07, 6.45) is 3.71. The molecule has 0 atom stereocenters. The second-order valence-electron chi connectivity index (χ2n) is 5.98. The first-order valence-electron chi connectivity index (χ1n) is 7.31. The Morgan fingerprint density at radius 1 is 1.10 bits per heavy atom. The molecule has 1 amide bonds. The molecular formula is C16H22N2O3. The highest BCUT2D eigenvalue weighted by Crippen LogP contribution is 2.23. The van der Waals surface area contributed by atoms with Gasteiger partial charge in [-0.1, -0.05) is 0 Å². The monoisotopic (exact) mass is 290 g/mol. The number of hydrogen-bond donors (Lipinski definition) is 2. The maximum absolute atomic E-state index is 12.0. The molecule has 5 heteroatoms. The summed E-state index contributed by atoms with van der Waals surface area (Å²) < 4.78 is 0. The second-order valence-corrected chi connectivity index (χ2v) is 5.98. The molecule has 1 heterocycles. The van der Waals surface area contributed by atoms with E-state index in [9.17, 15) is 9.59 Å². The van der Waals surface area contributed by atoms with E-state index >= 15 is 0 Å². The second kappa shape index (κ2) is 6.16. The van der Waals surface area contributed by atoms with Crippen molar-refractivity contribution in [2.24, 2.45) is 5.41 Å². The molecule has 1 aliphatic heterocycles.